The van der Waals surface area contributed by atoms with Crippen molar-refractivity contribution >= 4 is 5.69 Å². The van der Waals surface area contributed by atoms with Crippen LogP contribution >= 0.6 is 0 Å². The molecule has 2 aromatic rings. The first kappa shape index (κ1) is 10.5. The number of alkyl halides is 3. The van der Waals surface area contributed by atoms with Crippen LogP contribution in [0.5, 0.6) is 0 Å². The van der Waals surface area contributed by atoms with Gasteiger partial charge in [-0.3, -0.25) is 0 Å². The monoisotopic (exact) mass is 228 g/mol. The van der Waals surface area contributed by atoms with Crippen LogP contribution in [0.25, 0.3) is 5.82 Å². The van der Waals surface area contributed by atoms with Crippen LogP contribution in [0.15, 0.2) is 30.7 Å². The van der Waals surface area contributed by atoms with Gasteiger partial charge in [-0.2, -0.15) is 18.3 Å². The van der Waals surface area contributed by atoms with E-state index in [1.165, 1.54) is 18.3 Å². The van der Waals surface area contributed by atoms with Gasteiger partial charge in [0.05, 0.1) is 11.8 Å². The smallest absolute Gasteiger partial charge is 0.399 e. The summed E-state index contributed by atoms with van der Waals surface area (Å²) >= 11 is 0. The van der Waals surface area contributed by atoms with Gasteiger partial charge < -0.3 is 5.73 Å². The van der Waals surface area contributed by atoms with E-state index in [0.29, 0.717) is 5.69 Å². The maximum Gasteiger partial charge on any atom is 0.419 e. The molecule has 4 nitrogen and oxygen atoms in total. The van der Waals surface area contributed by atoms with Crippen LogP contribution < -0.4 is 5.73 Å². The van der Waals surface area contributed by atoms with Crippen LogP contribution in [-0.4, -0.2) is 14.8 Å². The predicted molar refractivity (Wildman–Crippen MR) is 50.8 cm³/mol. The van der Waals surface area contributed by atoms with Gasteiger partial charge in [0, 0.05) is 24.1 Å². The molecule has 0 aliphatic rings. The number of hydrogen-bond acceptors (Lipinski definition) is 3. The summed E-state index contributed by atoms with van der Waals surface area (Å²) in [7, 11) is 0. The molecule has 0 aliphatic carbocycles. The molecule has 0 aliphatic heterocycles. The lowest BCUT2D eigenvalue weighted by Gasteiger charge is -2.02. The SMILES string of the molecule is Nc1ccnc(-n2cc(C(F)(F)F)cn2)c1. The van der Waals surface area contributed by atoms with Crippen LogP contribution in [0.2, 0.25) is 0 Å². The molecule has 0 saturated carbocycles. The number of hydrogen-bond donors (Lipinski definition) is 1. The fourth-order valence-electron chi connectivity index (χ4n) is 1.15. The third-order valence-electron chi connectivity index (χ3n) is 1.91. The highest BCUT2D eigenvalue weighted by atomic mass is 19.4. The fraction of sp³-hybridized carbons (Fsp3) is 0.111. The summed E-state index contributed by atoms with van der Waals surface area (Å²) in [6.45, 7) is 0. The average molecular weight is 228 g/mol. The zero-order valence-electron chi connectivity index (χ0n) is 7.94. The Morgan fingerprint density at radius 3 is 2.62 bits per heavy atom. The third kappa shape index (κ3) is 1.97. The Balaban J connectivity index is 2.39. The van der Waals surface area contributed by atoms with Crippen molar-refractivity contribution in [2.24, 2.45) is 0 Å². The van der Waals surface area contributed by atoms with E-state index < -0.39 is 11.7 Å². The molecule has 0 atom stereocenters. The molecule has 0 radical (unpaired) electrons. The Morgan fingerprint density at radius 2 is 2.06 bits per heavy atom. The van der Waals surface area contributed by atoms with Gasteiger partial charge in [-0.15, -0.1) is 0 Å². The van der Waals surface area contributed by atoms with E-state index in [-0.39, 0.29) is 5.82 Å². The van der Waals surface area contributed by atoms with E-state index in [1.807, 2.05) is 0 Å². The Hall–Kier alpha value is -2.05. The van der Waals surface area contributed by atoms with Gasteiger partial charge in [0.15, 0.2) is 5.82 Å². The van der Waals surface area contributed by atoms with Crippen molar-refractivity contribution in [2.45, 2.75) is 6.18 Å². The Morgan fingerprint density at radius 1 is 1.31 bits per heavy atom. The number of rotatable bonds is 1. The van der Waals surface area contributed by atoms with Gasteiger partial charge >= 0.3 is 6.18 Å². The molecule has 0 saturated heterocycles. The van der Waals surface area contributed by atoms with E-state index in [0.717, 1.165) is 17.1 Å². The number of pyridine rings is 1. The van der Waals surface area contributed by atoms with Gasteiger partial charge in [-0.25, -0.2) is 9.67 Å². The zero-order valence-corrected chi connectivity index (χ0v) is 7.94. The molecular weight excluding hydrogens is 221 g/mol. The van der Waals surface area contributed by atoms with Gasteiger partial charge in [-0.1, -0.05) is 0 Å². The molecule has 0 fully saturated rings. The standard InChI is InChI=1S/C9H7F3N4/c10-9(11,12)6-4-15-16(5-6)8-3-7(13)1-2-14-8/h1-5H,(H2,13,14). The first-order valence-electron chi connectivity index (χ1n) is 4.30. The van der Waals surface area contributed by atoms with Crippen molar-refractivity contribution in [1.82, 2.24) is 14.8 Å². The minimum Gasteiger partial charge on any atom is -0.399 e. The van der Waals surface area contributed by atoms with Crippen LogP contribution in [-0.2, 0) is 6.18 Å². The molecule has 0 unspecified atom stereocenters. The molecule has 2 rings (SSSR count). The zero-order chi connectivity index (χ0) is 11.8. The summed E-state index contributed by atoms with van der Waals surface area (Å²) in [5.74, 6) is 0.246. The molecule has 2 aromatic heterocycles. The molecule has 0 bridgehead atoms. The van der Waals surface area contributed by atoms with E-state index >= 15 is 0 Å². The summed E-state index contributed by atoms with van der Waals surface area (Å²) in [5.41, 5.74) is 5.07. The lowest BCUT2D eigenvalue weighted by molar-refractivity contribution is -0.137. The van der Waals surface area contributed by atoms with E-state index in [9.17, 15) is 13.2 Å². The largest absolute Gasteiger partial charge is 0.419 e. The molecule has 0 aromatic carbocycles. The highest BCUT2D eigenvalue weighted by molar-refractivity contribution is 5.42. The molecule has 7 heteroatoms. The summed E-state index contributed by atoms with van der Waals surface area (Å²) in [6, 6.07) is 2.98. The van der Waals surface area contributed by atoms with Crippen molar-refractivity contribution in [3.05, 3.63) is 36.3 Å². The maximum absolute atomic E-state index is 12.3. The molecule has 0 amide bonds. The Labute approximate surface area is 88.5 Å². The Kier molecular flexibility index (Phi) is 2.30. The van der Waals surface area contributed by atoms with E-state index in [1.54, 1.807) is 0 Å². The third-order valence-corrected chi connectivity index (χ3v) is 1.91. The first-order chi connectivity index (χ1) is 7.47. The number of aromatic nitrogens is 3. The average Bonchev–Trinajstić information content (AvgIpc) is 2.65. The number of anilines is 1. The molecular formula is C9H7F3N4. The van der Waals surface area contributed by atoms with Crippen molar-refractivity contribution in [3.8, 4) is 5.82 Å². The van der Waals surface area contributed by atoms with E-state index in [2.05, 4.69) is 10.1 Å². The number of nitrogens with two attached hydrogens (primary N) is 1. The minimum atomic E-state index is -4.40. The highest BCUT2D eigenvalue weighted by Crippen LogP contribution is 2.28. The summed E-state index contributed by atoms with van der Waals surface area (Å²) in [4.78, 5) is 3.86. The second-order valence-electron chi connectivity index (χ2n) is 3.12. The summed E-state index contributed by atoms with van der Waals surface area (Å²) in [6.07, 6.45) is -1.40. The van der Waals surface area contributed by atoms with Crippen molar-refractivity contribution in [3.63, 3.8) is 0 Å². The number of nitrogen functional groups attached to an aromatic ring is 1. The van der Waals surface area contributed by atoms with Gasteiger partial charge in [0.25, 0.3) is 0 Å². The second kappa shape index (κ2) is 3.51. The van der Waals surface area contributed by atoms with E-state index in [4.69, 9.17) is 5.73 Å². The predicted octanol–water partition coefficient (Wildman–Crippen LogP) is 1.87. The lowest BCUT2D eigenvalue weighted by Crippen LogP contribution is -2.03. The van der Waals surface area contributed by atoms with Gasteiger partial charge in [-0.05, 0) is 6.07 Å². The van der Waals surface area contributed by atoms with Gasteiger partial charge in [0.2, 0.25) is 0 Å². The topological polar surface area (TPSA) is 56.7 Å². The number of nitrogens with zero attached hydrogens (tertiary/aromatic N) is 3. The maximum atomic E-state index is 12.3. The van der Waals surface area contributed by atoms with Crippen molar-refractivity contribution < 1.29 is 13.2 Å². The quantitative estimate of drug-likeness (QED) is 0.810. The molecule has 16 heavy (non-hydrogen) atoms. The van der Waals surface area contributed by atoms with Crippen LogP contribution in [0.3, 0.4) is 0 Å². The first-order valence-corrected chi connectivity index (χ1v) is 4.30. The highest BCUT2D eigenvalue weighted by Gasteiger charge is 2.32. The second-order valence-corrected chi connectivity index (χ2v) is 3.12. The Bertz CT molecular complexity index is 503. The molecule has 84 valence electrons. The van der Waals surface area contributed by atoms with Crippen LogP contribution in [0, 0.1) is 0 Å². The number of halogens is 3. The normalized spacial score (nSPS) is 11.7. The summed E-state index contributed by atoms with van der Waals surface area (Å²) < 4.78 is 37.9. The van der Waals surface area contributed by atoms with Gasteiger partial charge in [0.1, 0.15) is 0 Å². The molecule has 0 spiro atoms. The van der Waals surface area contributed by atoms with Crippen LogP contribution in [0.1, 0.15) is 5.56 Å². The lowest BCUT2D eigenvalue weighted by atomic mass is 10.3. The fourth-order valence-corrected chi connectivity index (χ4v) is 1.15. The minimum absolute atomic E-state index is 0.246. The molecule has 2 N–H and O–H groups in total. The molecule has 2 heterocycles. The van der Waals surface area contributed by atoms with Crippen LogP contribution in [0.4, 0.5) is 18.9 Å². The van der Waals surface area contributed by atoms with Crippen molar-refractivity contribution in [1.29, 1.82) is 0 Å². The summed E-state index contributed by atoms with van der Waals surface area (Å²) in [5, 5.41) is 3.57. The van der Waals surface area contributed by atoms with Crippen molar-refractivity contribution in [2.75, 3.05) is 5.73 Å².